The molecule has 1 aromatic carbocycles. The molecule has 0 radical (unpaired) electrons. The third kappa shape index (κ3) is 5.93. The molecule has 1 aliphatic heterocycles. The molecule has 0 saturated carbocycles. The monoisotopic (exact) mass is 414 g/mol. The molecule has 0 spiro atoms. The minimum absolute atomic E-state index is 0.0234. The summed E-state index contributed by atoms with van der Waals surface area (Å²) in [7, 11) is 0. The summed E-state index contributed by atoms with van der Waals surface area (Å²) in [6.45, 7) is 11.6. The van der Waals surface area contributed by atoms with Crippen LogP contribution in [-0.4, -0.2) is 32.9 Å². The fourth-order valence-corrected chi connectivity index (χ4v) is 4.49. The highest BCUT2D eigenvalue weighted by Gasteiger charge is 2.32. The quantitative estimate of drug-likeness (QED) is 0.524. The molecule has 1 fully saturated rings. The Morgan fingerprint density at radius 2 is 2.28 bits per heavy atom. The van der Waals surface area contributed by atoms with E-state index < -0.39 is 0 Å². The number of aryl methyl sites for hydroxylation is 1. The van der Waals surface area contributed by atoms with Crippen LogP contribution in [0.4, 0.5) is 0 Å². The fraction of sp³-hybridized carbons (Fsp3) is 0.500. The topological polar surface area (TPSA) is 69.0 Å². The van der Waals surface area contributed by atoms with Gasteiger partial charge in [0, 0.05) is 24.8 Å². The van der Waals surface area contributed by atoms with Crippen molar-refractivity contribution in [2.45, 2.75) is 63.2 Å². The number of benzene rings is 1. The Morgan fingerprint density at radius 1 is 1.45 bits per heavy atom. The Bertz CT molecular complexity index is 862. The van der Waals surface area contributed by atoms with Crippen molar-refractivity contribution in [2.24, 2.45) is 5.92 Å². The van der Waals surface area contributed by atoms with Crippen LogP contribution in [0.3, 0.4) is 0 Å². The van der Waals surface area contributed by atoms with Gasteiger partial charge in [0.25, 0.3) is 0 Å². The van der Waals surface area contributed by atoms with Crippen molar-refractivity contribution in [3.63, 3.8) is 0 Å². The first-order valence-corrected chi connectivity index (χ1v) is 11.0. The molecule has 0 aliphatic carbocycles. The van der Waals surface area contributed by atoms with Gasteiger partial charge in [-0.3, -0.25) is 4.79 Å². The Morgan fingerprint density at radius 3 is 3.00 bits per heavy atom. The molecule has 1 aromatic heterocycles. The van der Waals surface area contributed by atoms with Crippen LogP contribution in [0.1, 0.15) is 43.6 Å². The highest BCUT2D eigenvalue weighted by molar-refractivity contribution is 7.98. The van der Waals surface area contributed by atoms with Gasteiger partial charge in [-0.25, -0.2) is 0 Å². The lowest BCUT2D eigenvalue weighted by Crippen LogP contribution is -2.41. The number of thioether (sulfide) groups is 1. The van der Waals surface area contributed by atoms with E-state index in [0.29, 0.717) is 19.7 Å². The number of nitrogens with zero attached hydrogens (tertiary/aromatic N) is 3. The zero-order valence-electron chi connectivity index (χ0n) is 17.5. The number of rotatable bonds is 8. The molecule has 29 heavy (non-hydrogen) atoms. The summed E-state index contributed by atoms with van der Waals surface area (Å²) in [5, 5.41) is 12.5. The summed E-state index contributed by atoms with van der Waals surface area (Å²) in [5.41, 5.74) is 2.25. The number of carbonyl (C=O) groups excluding carboxylic acids is 1. The third-order valence-electron chi connectivity index (χ3n) is 5.04. The Hall–Kier alpha value is -2.12. The van der Waals surface area contributed by atoms with Gasteiger partial charge < -0.3 is 14.6 Å². The maximum Gasteiger partial charge on any atom is 0.223 e. The first-order valence-electron chi connectivity index (χ1n) is 10.0. The van der Waals surface area contributed by atoms with Crippen LogP contribution in [0, 0.1) is 12.8 Å². The van der Waals surface area contributed by atoms with E-state index in [1.165, 1.54) is 11.1 Å². The minimum atomic E-state index is -0.247. The van der Waals surface area contributed by atoms with Crippen LogP contribution in [0.2, 0.25) is 0 Å². The molecular weight excluding hydrogens is 384 g/mol. The van der Waals surface area contributed by atoms with Crippen LogP contribution in [-0.2, 0) is 28.4 Å². The largest absolute Gasteiger partial charge is 0.376 e. The molecule has 156 valence electrons. The molecule has 1 unspecified atom stereocenters. The van der Waals surface area contributed by atoms with Crippen LogP contribution in [0.5, 0.6) is 0 Å². The summed E-state index contributed by atoms with van der Waals surface area (Å²) in [6.07, 6.45) is 3.31. The normalized spacial score (nSPS) is 18.4. The number of aromatic nitrogens is 3. The molecule has 1 N–H and O–H groups in total. The summed E-state index contributed by atoms with van der Waals surface area (Å²) < 4.78 is 7.73. The summed E-state index contributed by atoms with van der Waals surface area (Å²) in [4.78, 5) is 12.6. The van der Waals surface area contributed by atoms with E-state index in [9.17, 15) is 4.79 Å². The predicted octanol–water partition coefficient (Wildman–Crippen LogP) is 3.89. The van der Waals surface area contributed by atoms with E-state index in [1.807, 2.05) is 24.5 Å². The van der Waals surface area contributed by atoms with Gasteiger partial charge >= 0.3 is 0 Å². The number of nitrogens with one attached hydrogen (secondary N) is 1. The minimum Gasteiger partial charge on any atom is -0.376 e. The van der Waals surface area contributed by atoms with Crippen LogP contribution in [0.15, 0.2) is 42.1 Å². The van der Waals surface area contributed by atoms with Gasteiger partial charge in [0.2, 0.25) is 5.91 Å². The molecule has 1 amide bonds. The van der Waals surface area contributed by atoms with Gasteiger partial charge in [0.05, 0.1) is 12.1 Å². The van der Waals surface area contributed by atoms with Crippen molar-refractivity contribution in [3.05, 3.63) is 53.9 Å². The second-order valence-corrected chi connectivity index (χ2v) is 9.03. The first-order chi connectivity index (χ1) is 13.9. The van der Waals surface area contributed by atoms with Crippen molar-refractivity contribution in [3.8, 4) is 0 Å². The maximum atomic E-state index is 12.6. The lowest BCUT2D eigenvalue weighted by molar-refractivity contribution is -0.135. The maximum absolute atomic E-state index is 12.6. The molecule has 1 saturated heterocycles. The number of amides is 1. The van der Waals surface area contributed by atoms with Crippen molar-refractivity contribution >= 4 is 17.7 Å². The molecule has 6 nitrogen and oxygen atoms in total. The average molecular weight is 415 g/mol. The van der Waals surface area contributed by atoms with E-state index in [2.05, 4.69) is 53.3 Å². The summed E-state index contributed by atoms with van der Waals surface area (Å²) >= 11 is 1.64. The van der Waals surface area contributed by atoms with Gasteiger partial charge in [0.1, 0.15) is 0 Å². The van der Waals surface area contributed by atoms with Gasteiger partial charge in [-0.2, -0.15) is 0 Å². The van der Waals surface area contributed by atoms with Gasteiger partial charge in [-0.05, 0) is 39.2 Å². The van der Waals surface area contributed by atoms with Gasteiger partial charge in [-0.1, -0.05) is 47.7 Å². The molecule has 2 heterocycles. The first kappa shape index (κ1) is 21.6. The van der Waals surface area contributed by atoms with Gasteiger partial charge in [0.15, 0.2) is 11.0 Å². The zero-order valence-corrected chi connectivity index (χ0v) is 18.3. The Kier molecular flexibility index (Phi) is 7.14. The number of allylic oxidation sites excluding steroid dienone is 1. The van der Waals surface area contributed by atoms with Gasteiger partial charge in [-0.15, -0.1) is 16.8 Å². The number of carbonyl (C=O) groups is 1. The lowest BCUT2D eigenvalue weighted by atomic mass is 9.88. The molecule has 7 heteroatoms. The summed E-state index contributed by atoms with van der Waals surface area (Å²) in [5.74, 6) is 1.60. The van der Waals surface area contributed by atoms with Crippen molar-refractivity contribution in [1.29, 1.82) is 0 Å². The molecule has 3 rings (SSSR count). The molecule has 0 bridgehead atoms. The van der Waals surface area contributed by atoms with E-state index in [0.717, 1.165) is 29.6 Å². The average Bonchev–Trinajstić information content (AvgIpc) is 3.06. The van der Waals surface area contributed by atoms with E-state index in [-0.39, 0.29) is 17.4 Å². The Labute approximate surface area is 177 Å². The van der Waals surface area contributed by atoms with Crippen LogP contribution in [0.25, 0.3) is 0 Å². The second kappa shape index (κ2) is 9.59. The lowest BCUT2D eigenvalue weighted by Gasteiger charge is -2.34. The molecule has 2 aromatic rings. The van der Waals surface area contributed by atoms with E-state index in [4.69, 9.17) is 4.74 Å². The van der Waals surface area contributed by atoms with E-state index in [1.54, 1.807) is 11.8 Å². The SMILES string of the molecule is C=CCn1c(CNC(=O)C2CCOC(C)(C)C2)nnc1SCc1cccc(C)c1. The highest BCUT2D eigenvalue weighted by atomic mass is 32.2. The molecule has 1 aliphatic rings. The van der Waals surface area contributed by atoms with Crippen LogP contribution < -0.4 is 5.32 Å². The zero-order chi connectivity index (χ0) is 20.9. The second-order valence-electron chi connectivity index (χ2n) is 8.09. The standard InChI is InChI=1S/C22H30N4O2S/c1-5-10-26-19(14-23-20(27)18-9-11-28-22(3,4)13-18)24-25-21(26)29-15-17-8-6-7-16(2)12-17/h5-8,12,18H,1,9-11,13-15H2,2-4H3,(H,23,27). The van der Waals surface area contributed by atoms with Crippen molar-refractivity contribution in [2.75, 3.05) is 6.61 Å². The summed E-state index contributed by atoms with van der Waals surface area (Å²) in [6, 6.07) is 8.45. The van der Waals surface area contributed by atoms with Crippen LogP contribution >= 0.6 is 11.8 Å². The predicted molar refractivity (Wildman–Crippen MR) is 116 cm³/mol. The molecule has 1 atom stereocenters. The van der Waals surface area contributed by atoms with Crippen molar-refractivity contribution in [1.82, 2.24) is 20.1 Å². The fourth-order valence-electron chi connectivity index (χ4n) is 3.58. The number of ether oxygens (including phenoxy) is 1. The Balaban J connectivity index is 1.62. The number of hydrogen-bond acceptors (Lipinski definition) is 5. The van der Waals surface area contributed by atoms with Crippen molar-refractivity contribution < 1.29 is 9.53 Å². The third-order valence-corrected chi connectivity index (χ3v) is 6.08. The molecular formula is C22H30N4O2S. The number of hydrogen-bond donors (Lipinski definition) is 1. The highest BCUT2D eigenvalue weighted by Crippen LogP contribution is 2.28. The smallest absolute Gasteiger partial charge is 0.223 e. The van der Waals surface area contributed by atoms with E-state index >= 15 is 0 Å².